The minimum absolute atomic E-state index is 0. The van der Waals surface area contributed by atoms with Crippen molar-refractivity contribution < 1.29 is 9.13 Å². The van der Waals surface area contributed by atoms with Crippen LogP contribution in [0.25, 0.3) is 0 Å². The van der Waals surface area contributed by atoms with Crippen LogP contribution < -0.4 is 10.6 Å². The number of guanidine groups is 1. The number of rotatable bonds is 4. The lowest BCUT2D eigenvalue weighted by atomic mass is 9.74. The van der Waals surface area contributed by atoms with Crippen molar-refractivity contribution in [3.63, 3.8) is 0 Å². The van der Waals surface area contributed by atoms with Crippen LogP contribution >= 0.6 is 24.0 Å². The fraction of sp³-hybridized carbons (Fsp3) is 0.588. The van der Waals surface area contributed by atoms with Gasteiger partial charge in [-0.1, -0.05) is 12.1 Å². The van der Waals surface area contributed by atoms with Crippen LogP contribution in [0.5, 0.6) is 0 Å². The van der Waals surface area contributed by atoms with E-state index in [1.807, 2.05) is 6.07 Å². The molecule has 23 heavy (non-hydrogen) atoms. The molecule has 4 nitrogen and oxygen atoms in total. The number of ether oxygens (including phenoxy) is 1. The van der Waals surface area contributed by atoms with Gasteiger partial charge in [-0.3, -0.25) is 4.99 Å². The van der Waals surface area contributed by atoms with Crippen LogP contribution in [-0.4, -0.2) is 38.8 Å². The van der Waals surface area contributed by atoms with Crippen LogP contribution in [0.4, 0.5) is 4.39 Å². The Morgan fingerprint density at radius 3 is 2.61 bits per heavy atom. The molecule has 0 radical (unpaired) electrons. The third-order valence-corrected chi connectivity index (χ3v) is 4.13. The zero-order valence-electron chi connectivity index (χ0n) is 14.1. The highest BCUT2D eigenvalue weighted by Crippen LogP contribution is 2.34. The summed E-state index contributed by atoms with van der Waals surface area (Å²) in [4.78, 5) is 4.24. The van der Waals surface area contributed by atoms with E-state index in [9.17, 15) is 4.39 Å². The third-order valence-electron chi connectivity index (χ3n) is 4.13. The molecule has 130 valence electrons. The molecule has 0 aromatic heterocycles. The number of nitrogens with one attached hydrogen (secondary N) is 2. The first-order chi connectivity index (χ1) is 10.6. The standard InChI is InChI=1S/C17H26FN3O.HI/c1-13(2)21-16(19-3)20-12-17(7-9-22-10-8-17)14-5-4-6-15(18)11-14;/h4-6,11,13H,7-10,12H2,1-3H3,(H2,19,20,21);1H. The molecule has 1 aliphatic rings. The Morgan fingerprint density at radius 1 is 1.35 bits per heavy atom. The largest absolute Gasteiger partial charge is 0.381 e. The monoisotopic (exact) mass is 435 g/mol. The van der Waals surface area contributed by atoms with Gasteiger partial charge in [0.05, 0.1) is 0 Å². The summed E-state index contributed by atoms with van der Waals surface area (Å²) in [5, 5.41) is 6.67. The molecule has 0 saturated carbocycles. The van der Waals surface area contributed by atoms with Crippen LogP contribution in [0.3, 0.4) is 0 Å². The van der Waals surface area contributed by atoms with Gasteiger partial charge in [0.15, 0.2) is 5.96 Å². The van der Waals surface area contributed by atoms with E-state index in [4.69, 9.17) is 4.74 Å². The normalized spacial score (nSPS) is 17.5. The van der Waals surface area contributed by atoms with Crippen LogP contribution in [0.1, 0.15) is 32.3 Å². The summed E-state index contributed by atoms with van der Waals surface area (Å²) in [7, 11) is 1.76. The van der Waals surface area contributed by atoms with Gasteiger partial charge in [0.2, 0.25) is 0 Å². The zero-order valence-corrected chi connectivity index (χ0v) is 16.4. The predicted molar refractivity (Wildman–Crippen MR) is 103 cm³/mol. The Morgan fingerprint density at radius 2 is 2.04 bits per heavy atom. The molecule has 1 fully saturated rings. The molecule has 1 aliphatic heterocycles. The molecule has 2 rings (SSSR count). The molecular weight excluding hydrogens is 408 g/mol. The quantitative estimate of drug-likeness (QED) is 0.434. The molecule has 0 unspecified atom stereocenters. The Hall–Kier alpha value is -0.890. The van der Waals surface area contributed by atoms with Crippen molar-refractivity contribution in [1.29, 1.82) is 0 Å². The van der Waals surface area contributed by atoms with Crippen molar-refractivity contribution in [3.05, 3.63) is 35.6 Å². The maximum Gasteiger partial charge on any atom is 0.191 e. The summed E-state index contributed by atoms with van der Waals surface area (Å²) in [6.45, 7) is 6.27. The third kappa shape index (κ3) is 5.60. The minimum Gasteiger partial charge on any atom is -0.381 e. The molecule has 1 aromatic rings. The second-order valence-corrected chi connectivity index (χ2v) is 6.13. The average molecular weight is 435 g/mol. The first-order valence-electron chi connectivity index (χ1n) is 7.87. The van der Waals surface area contributed by atoms with E-state index < -0.39 is 0 Å². The topological polar surface area (TPSA) is 45.7 Å². The fourth-order valence-electron chi connectivity index (χ4n) is 2.87. The second-order valence-electron chi connectivity index (χ2n) is 6.13. The summed E-state index contributed by atoms with van der Waals surface area (Å²) < 4.78 is 19.1. The number of aliphatic imine (C=N–C) groups is 1. The average Bonchev–Trinajstić information content (AvgIpc) is 2.52. The lowest BCUT2D eigenvalue weighted by molar-refractivity contribution is 0.0512. The highest BCUT2D eigenvalue weighted by Gasteiger charge is 2.34. The Labute approximate surface area is 155 Å². The van der Waals surface area contributed by atoms with Gasteiger partial charge < -0.3 is 15.4 Å². The smallest absolute Gasteiger partial charge is 0.191 e. The number of hydrogen-bond acceptors (Lipinski definition) is 2. The molecule has 0 atom stereocenters. The number of halogens is 2. The second kappa shape index (κ2) is 9.42. The zero-order chi connectivity index (χ0) is 16.0. The van der Waals surface area contributed by atoms with Crippen LogP contribution in [0.2, 0.25) is 0 Å². The Balaban J connectivity index is 0.00000264. The summed E-state index contributed by atoms with van der Waals surface area (Å²) >= 11 is 0. The van der Waals surface area contributed by atoms with Gasteiger partial charge in [0, 0.05) is 38.3 Å². The summed E-state index contributed by atoms with van der Waals surface area (Å²) in [6.07, 6.45) is 1.75. The van der Waals surface area contributed by atoms with E-state index in [1.54, 1.807) is 19.2 Å². The van der Waals surface area contributed by atoms with Gasteiger partial charge in [0.25, 0.3) is 0 Å². The van der Waals surface area contributed by atoms with Gasteiger partial charge in [-0.05, 0) is 44.4 Å². The first-order valence-corrected chi connectivity index (χ1v) is 7.87. The van der Waals surface area contributed by atoms with Gasteiger partial charge in [-0.15, -0.1) is 24.0 Å². The summed E-state index contributed by atoms with van der Waals surface area (Å²) in [5.74, 6) is 0.588. The highest BCUT2D eigenvalue weighted by molar-refractivity contribution is 14.0. The SMILES string of the molecule is CN=C(NCC1(c2cccc(F)c2)CCOCC1)NC(C)C.I. The van der Waals surface area contributed by atoms with E-state index in [0.717, 1.165) is 24.4 Å². The van der Waals surface area contributed by atoms with Crippen molar-refractivity contribution in [2.45, 2.75) is 38.1 Å². The van der Waals surface area contributed by atoms with Crippen molar-refractivity contribution in [1.82, 2.24) is 10.6 Å². The summed E-state index contributed by atoms with van der Waals surface area (Å²) in [6, 6.07) is 7.23. The summed E-state index contributed by atoms with van der Waals surface area (Å²) in [5.41, 5.74) is 0.915. The molecule has 2 N–H and O–H groups in total. The van der Waals surface area contributed by atoms with E-state index in [-0.39, 0.29) is 35.2 Å². The molecule has 1 aromatic carbocycles. The minimum atomic E-state index is -0.187. The lowest BCUT2D eigenvalue weighted by Gasteiger charge is -2.38. The van der Waals surface area contributed by atoms with Crippen LogP contribution in [-0.2, 0) is 10.2 Å². The van der Waals surface area contributed by atoms with Crippen molar-refractivity contribution in [2.75, 3.05) is 26.8 Å². The van der Waals surface area contributed by atoms with E-state index >= 15 is 0 Å². The molecule has 0 spiro atoms. The van der Waals surface area contributed by atoms with Gasteiger partial charge >= 0.3 is 0 Å². The highest BCUT2D eigenvalue weighted by atomic mass is 127. The Kier molecular flexibility index (Phi) is 8.25. The van der Waals surface area contributed by atoms with Crippen LogP contribution in [0, 0.1) is 5.82 Å². The van der Waals surface area contributed by atoms with Crippen molar-refractivity contribution >= 4 is 29.9 Å². The lowest BCUT2D eigenvalue weighted by Crippen LogP contribution is -2.49. The fourth-order valence-corrected chi connectivity index (χ4v) is 2.87. The van der Waals surface area contributed by atoms with Gasteiger partial charge in [0.1, 0.15) is 5.82 Å². The first kappa shape index (κ1) is 20.2. The maximum absolute atomic E-state index is 13.6. The van der Waals surface area contributed by atoms with Crippen molar-refractivity contribution in [3.8, 4) is 0 Å². The molecule has 0 aliphatic carbocycles. The van der Waals surface area contributed by atoms with E-state index in [0.29, 0.717) is 25.8 Å². The van der Waals surface area contributed by atoms with Gasteiger partial charge in [-0.25, -0.2) is 4.39 Å². The Bertz CT molecular complexity index is 516. The van der Waals surface area contributed by atoms with E-state index in [1.165, 1.54) is 6.07 Å². The maximum atomic E-state index is 13.6. The predicted octanol–water partition coefficient (Wildman–Crippen LogP) is 3.07. The van der Waals surface area contributed by atoms with Crippen LogP contribution in [0.15, 0.2) is 29.3 Å². The molecular formula is C17H27FIN3O. The van der Waals surface area contributed by atoms with E-state index in [2.05, 4.69) is 29.5 Å². The molecule has 0 amide bonds. The molecule has 1 heterocycles. The number of benzene rings is 1. The van der Waals surface area contributed by atoms with Crippen molar-refractivity contribution in [2.24, 2.45) is 4.99 Å². The number of hydrogen-bond donors (Lipinski definition) is 2. The molecule has 6 heteroatoms. The molecule has 1 saturated heterocycles. The molecule has 0 bridgehead atoms. The number of nitrogens with zero attached hydrogens (tertiary/aromatic N) is 1. The van der Waals surface area contributed by atoms with Gasteiger partial charge in [-0.2, -0.15) is 0 Å².